The molecule has 3 unspecified atom stereocenters. The van der Waals surface area contributed by atoms with Crippen molar-refractivity contribution in [3.8, 4) is 0 Å². The fraction of sp³-hybridized carbons (Fsp3) is 1.00. The first-order chi connectivity index (χ1) is 8.18. The third-order valence-electron chi connectivity index (χ3n) is 4.17. The van der Waals surface area contributed by atoms with Crippen molar-refractivity contribution in [1.82, 2.24) is 0 Å². The summed E-state index contributed by atoms with van der Waals surface area (Å²) in [5.74, 6) is 0.356. The van der Waals surface area contributed by atoms with Gasteiger partial charge in [-0.15, -0.1) is 0 Å². The van der Waals surface area contributed by atoms with Gasteiger partial charge in [-0.3, -0.25) is 0 Å². The molecule has 4 heteroatoms. The Labute approximate surface area is 103 Å². The van der Waals surface area contributed by atoms with Gasteiger partial charge in [-0.2, -0.15) is 0 Å². The van der Waals surface area contributed by atoms with E-state index in [4.69, 9.17) is 15.2 Å². The van der Waals surface area contributed by atoms with E-state index in [0.717, 1.165) is 38.5 Å². The fourth-order valence-electron chi connectivity index (χ4n) is 2.69. The van der Waals surface area contributed by atoms with Gasteiger partial charge in [-0.25, -0.2) is 0 Å². The van der Waals surface area contributed by atoms with E-state index in [1.54, 1.807) is 7.11 Å². The van der Waals surface area contributed by atoms with E-state index in [1.165, 1.54) is 0 Å². The Hall–Kier alpha value is -0.160. The number of hydrogen-bond donors (Lipinski definition) is 2. The zero-order chi connectivity index (χ0) is 12.3. The Morgan fingerprint density at radius 2 is 1.94 bits per heavy atom. The molecular weight excluding hydrogens is 218 g/mol. The van der Waals surface area contributed by atoms with Gasteiger partial charge in [0.2, 0.25) is 0 Å². The Kier molecular flexibility index (Phi) is 4.42. The van der Waals surface area contributed by atoms with Crippen LogP contribution in [0.15, 0.2) is 0 Å². The maximum atomic E-state index is 10.3. The van der Waals surface area contributed by atoms with Crippen LogP contribution in [0.3, 0.4) is 0 Å². The lowest BCUT2D eigenvalue weighted by molar-refractivity contribution is -0.101. The summed E-state index contributed by atoms with van der Waals surface area (Å²) >= 11 is 0. The minimum absolute atomic E-state index is 0.227. The molecule has 100 valence electrons. The van der Waals surface area contributed by atoms with Crippen LogP contribution in [0.2, 0.25) is 0 Å². The summed E-state index contributed by atoms with van der Waals surface area (Å²) in [6.45, 7) is 0.688. The van der Waals surface area contributed by atoms with Crippen LogP contribution in [0.25, 0.3) is 0 Å². The summed E-state index contributed by atoms with van der Waals surface area (Å²) in [6.07, 6.45) is 7.01. The molecule has 2 rings (SSSR count). The predicted octanol–water partition coefficient (Wildman–Crippen LogP) is 1.06. The van der Waals surface area contributed by atoms with Crippen molar-refractivity contribution in [1.29, 1.82) is 0 Å². The van der Waals surface area contributed by atoms with E-state index in [2.05, 4.69) is 0 Å². The summed E-state index contributed by atoms with van der Waals surface area (Å²) in [4.78, 5) is 0. The van der Waals surface area contributed by atoms with E-state index in [1.807, 2.05) is 0 Å². The highest BCUT2D eigenvalue weighted by atomic mass is 16.5. The highest BCUT2D eigenvalue weighted by Crippen LogP contribution is 2.39. The largest absolute Gasteiger partial charge is 0.386 e. The number of nitrogens with two attached hydrogens (primary N) is 1. The van der Waals surface area contributed by atoms with Gasteiger partial charge >= 0.3 is 0 Å². The Morgan fingerprint density at radius 3 is 2.53 bits per heavy atom. The predicted molar refractivity (Wildman–Crippen MR) is 65.7 cm³/mol. The molecular formula is C13H25NO3. The van der Waals surface area contributed by atoms with Crippen LogP contribution in [-0.2, 0) is 9.47 Å². The number of ether oxygens (including phenoxy) is 2. The monoisotopic (exact) mass is 243 g/mol. The summed E-state index contributed by atoms with van der Waals surface area (Å²) in [7, 11) is 1.76. The number of methoxy groups -OCH3 is 1. The molecule has 2 aliphatic carbocycles. The third-order valence-corrected chi connectivity index (χ3v) is 4.17. The highest BCUT2D eigenvalue weighted by Gasteiger charge is 2.43. The smallest absolute Gasteiger partial charge is 0.103 e. The van der Waals surface area contributed by atoms with Gasteiger partial charge in [0.05, 0.1) is 18.8 Å². The average Bonchev–Trinajstić information content (AvgIpc) is 3.21. The van der Waals surface area contributed by atoms with Crippen molar-refractivity contribution < 1.29 is 14.6 Å². The Balaban J connectivity index is 1.76. The Bertz CT molecular complexity index is 245. The third kappa shape index (κ3) is 3.41. The molecule has 0 saturated heterocycles. The molecule has 0 heterocycles. The van der Waals surface area contributed by atoms with Crippen molar-refractivity contribution in [2.24, 2.45) is 11.7 Å². The van der Waals surface area contributed by atoms with Crippen LogP contribution in [-0.4, -0.2) is 43.2 Å². The normalized spacial score (nSPS) is 33.4. The van der Waals surface area contributed by atoms with Gasteiger partial charge in [-0.1, -0.05) is 0 Å². The molecule has 2 saturated carbocycles. The van der Waals surface area contributed by atoms with Crippen LogP contribution in [0.4, 0.5) is 0 Å². The zero-order valence-electron chi connectivity index (χ0n) is 10.7. The first-order valence-corrected chi connectivity index (χ1v) is 6.75. The summed E-state index contributed by atoms with van der Waals surface area (Å²) in [6, 6.07) is 0. The second-order valence-electron chi connectivity index (χ2n) is 5.54. The maximum absolute atomic E-state index is 10.3. The van der Waals surface area contributed by atoms with Gasteiger partial charge in [-0.05, 0) is 44.4 Å². The van der Waals surface area contributed by atoms with E-state index in [0.29, 0.717) is 25.2 Å². The maximum Gasteiger partial charge on any atom is 0.103 e. The van der Waals surface area contributed by atoms with Crippen molar-refractivity contribution in [3.63, 3.8) is 0 Å². The molecule has 0 radical (unpaired) electrons. The molecule has 0 bridgehead atoms. The fourth-order valence-corrected chi connectivity index (χ4v) is 2.69. The number of rotatable bonds is 6. The van der Waals surface area contributed by atoms with E-state index < -0.39 is 5.60 Å². The van der Waals surface area contributed by atoms with Crippen molar-refractivity contribution in [2.75, 3.05) is 20.3 Å². The van der Waals surface area contributed by atoms with Crippen LogP contribution in [0, 0.1) is 5.92 Å². The van der Waals surface area contributed by atoms with Crippen LogP contribution >= 0.6 is 0 Å². The standard InChI is InChI=1S/C13H25NO3/c1-16-11-3-2-4-12(7-11)17-9-13(15,8-14)10-5-6-10/h10-12,15H,2-9,14H2,1H3. The van der Waals surface area contributed by atoms with E-state index >= 15 is 0 Å². The van der Waals surface area contributed by atoms with Crippen LogP contribution in [0.1, 0.15) is 38.5 Å². The first-order valence-electron chi connectivity index (χ1n) is 6.75. The van der Waals surface area contributed by atoms with Crippen LogP contribution < -0.4 is 5.73 Å². The molecule has 3 atom stereocenters. The van der Waals surface area contributed by atoms with E-state index in [9.17, 15) is 5.11 Å². The average molecular weight is 243 g/mol. The van der Waals surface area contributed by atoms with Gasteiger partial charge in [0.25, 0.3) is 0 Å². The minimum Gasteiger partial charge on any atom is -0.386 e. The summed E-state index contributed by atoms with van der Waals surface area (Å²) < 4.78 is 11.2. The summed E-state index contributed by atoms with van der Waals surface area (Å²) in [5.41, 5.74) is 4.87. The van der Waals surface area contributed by atoms with Gasteiger partial charge < -0.3 is 20.3 Å². The molecule has 17 heavy (non-hydrogen) atoms. The molecule has 2 aliphatic rings. The molecule has 0 aromatic heterocycles. The Morgan fingerprint density at radius 1 is 1.24 bits per heavy atom. The molecule has 3 N–H and O–H groups in total. The topological polar surface area (TPSA) is 64.7 Å². The lowest BCUT2D eigenvalue weighted by atomic mass is 9.94. The van der Waals surface area contributed by atoms with Gasteiger partial charge in [0.15, 0.2) is 0 Å². The van der Waals surface area contributed by atoms with Gasteiger partial charge in [0.1, 0.15) is 5.60 Å². The highest BCUT2D eigenvalue weighted by molar-refractivity contribution is 4.95. The van der Waals surface area contributed by atoms with E-state index in [-0.39, 0.29) is 6.10 Å². The lowest BCUT2D eigenvalue weighted by Crippen LogP contribution is -2.46. The summed E-state index contributed by atoms with van der Waals surface area (Å²) in [5, 5.41) is 10.3. The molecule has 0 aromatic carbocycles. The second-order valence-corrected chi connectivity index (χ2v) is 5.54. The molecule has 0 amide bonds. The SMILES string of the molecule is COC1CCCC(OCC(O)(CN)C2CC2)C1. The minimum atomic E-state index is -0.792. The molecule has 0 spiro atoms. The second kappa shape index (κ2) is 5.65. The van der Waals surface area contributed by atoms with Crippen molar-refractivity contribution in [2.45, 2.75) is 56.3 Å². The molecule has 2 fully saturated rings. The lowest BCUT2D eigenvalue weighted by Gasteiger charge is -2.32. The number of hydrogen-bond acceptors (Lipinski definition) is 4. The molecule has 0 aromatic rings. The van der Waals surface area contributed by atoms with Crippen molar-refractivity contribution >= 4 is 0 Å². The molecule has 4 nitrogen and oxygen atoms in total. The number of aliphatic hydroxyl groups is 1. The first kappa shape index (κ1) is 13.3. The van der Waals surface area contributed by atoms with Crippen molar-refractivity contribution in [3.05, 3.63) is 0 Å². The molecule has 0 aliphatic heterocycles. The van der Waals surface area contributed by atoms with Gasteiger partial charge in [0, 0.05) is 13.7 Å². The zero-order valence-corrected chi connectivity index (χ0v) is 10.7. The quantitative estimate of drug-likeness (QED) is 0.732. The van der Waals surface area contributed by atoms with Crippen LogP contribution in [0.5, 0.6) is 0 Å².